The molecule has 1 N–H and O–H groups in total. The largest absolute Gasteiger partial charge is 0.314 e. The van der Waals surface area contributed by atoms with Crippen molar-refractivity contribution in [3.63, 3.8) is 0 Å². The van der Waals surface area contributed by atoms with Crippen LogP contribution in [0.25, 0.3) is 0 Å². The molecule has 0 heterocycles. The van der Waals surface area contributed by atoms with Crippen molar-refractivity contribution in [2.24, 2.45) is 11.8 Å². The molecule has 0 radical (unpaired) electrons. The summed E-state index contributed by atoms with van der Waals surface area (Å²) in [4.78, 5) is 0. The van der Waals surface area contributed by atoms with E-state index in [0.717, 1.165) is 24.8 Å². The lowest BCUT2D eigenvalue weighted by Crippen LogP contribution is -2.39. The highest BCUT2D eigenvalue weighted by atomic mass is 79.9. The highest BCUT2D eigenvalue weighted by Gasteiger charge is 2.26. The molecule has 0 aromatic heterocycles. The molecule has 1 aromatic rings. The summed E-state index contributed by atoms with van der Waals surface area (Å²) in [5.41, 5.74) is 1.45. The fourth-order valence-corrected chi connectivity index (χ4v) is 4.03. The van der Waals surface area contributed by atoms with Gasteiger partial charge in [0.05, 0.1) is 0 Å². The summed E-state index contributed by atoms with van der Waals surface area (Å²) in [7, 11) is 0. The second kappa shape index (κ2) is 8.19. The Bertz CT molecular complexity index is 396. The third-order valence-electron chi connectivity index (χ3n) is 4.85. The van der Waals surface area contributed by atoms with E-state index < -0.39 is 0 Å². The minimum atomic E-state index is 0.645. The second-order valence-electron chi connectivity index (χ2n) is 6.19. The standard InChI is InChI=1S/C18H28BrN/c1-3-14-8-10-16(11-9-14)18(20-4-2)13-15-6-5-7-17(19)12-15/h5-7,12,14,16,18,20H,3-4,8-11,13H2,1-2H3. The van der Waals surface area contributed by atoms with Gasteiger partial charge in [0.2, 0.25) is 0 Å². The molecule has 0 spiro atoms. The smallest absolute Gasteiger partial charge is 0.0178 e. The topological polar surface area (TPSA) is 12.0 Å². The van der Waals surface area contributed by atoms with Crippen LogP contribution >= 0.6 is 15.9 Å². The third-order valence-corrected chi connectivity index (χ3v) is 5.34. The summed E-state index contributed by atoms with van der Waals surface area (Å²) in [5, 5.41) is 3.74. The predicted octanol–water partition coefficient (Wildman–Crippen LogP) is 5.19. The minimum Gasteiger partial charge on any atom is -0.314 e. The number of benzene rings is 1. The van der Waals surface area contributed by atoms with Crippen LogP contribution in [0, 0.1) is 11.8 Å². The van der Waals surface area contributed by atoms with Gasteiger partial charge < -0.3 is 5.32 Å². The number of hydrogen-bond donors (Lipinski definition) is 1. The van der Waals surface area contributed by atoms with Gasteiger partial charge in [0.1, 0.15) is 0 Å². The number of likely N-dealkylation sites (N-methyl/N-ethyl adjacent to an activating group) is 1. The lowest BCUT2D eigenvalue weighted by atomic mass is 9.76. The van der Waals surface area contributed by atoms with Gasteiger partial charge in [-0.3, -0.25) is 0 Å². The minimum absolute atomic E-state index is 0.645. The number of rotatable bonds is 6. The summed E-state index contributed by atoms with van der Waals surface area (Å²) in [6.07, 6.45) is 8.20. The molecule has 1 aromatic carbocycles. The van der Waals surface area contributed by atoms with Crippen molar-refractivity contribution >= 4 is 15.9 Å². The molecule has 2 heteroatoms. The van der Waals surface area contributed by atoms with Crippen LogP contribution < -0.4 is 5.32 Å². The maximum Gasteiger partial charge on any atom is 0.0178 e. The highest BCUT2D eigenvalue weighted by molar-refractivity contribution is 9.10. The zero-order valence-corrected chi connectivity index (χ0v) is 14.5. The van der Waals surface area contributed by atoms with Crippen molar-refractivity contribution in [3.8, 4) is 0 Å². The van der Waals surface area contributed by atoms with Gasteiger partial charge in [-0.05, 0) is 55.3 Å². The van der Waals surface area contributed by atoms with Gasteiger partial charge in [0.15, 0.2) is 0 Å². The zero-order valence-electron chi connectivity index (χ0n) is 12.9. The maximum atomic E-state index is 3.74. The summed E-state index contributed by atoms with van der Waals surface area (Å²) in [5.74, 6) is 1.84. The summed E-state index contributed by atoms with van der Waals surface area (Å²) in [6, 6.07) is 9.43. The van der Waals surface area contributed by atoms with Crippen LogP contribution in [0.1, 0.15) is 51.5 Å². The number of halogens is 1. The second-order valence-corrected chi connectivity index (χ2v) is 7.10. The molecule has 1 unspecified atom stereocenters. The average molecular weight is 338 g/mol. The van der Waals surface area contributed by atoms with E-state index in [9.17, 15) is 0 Å². The molecule has 20 heavy (non-hydrogen) atoms. The quantitative estimate of drug-likeness (QED) is 0.753. The van der Waals surface area contributed by atoms with E-state index in [1.165, 1.54) is 42.1 Å². The van der Waals surface area contributed by atoms with Gasteiger partial charge in [-0.2, -0.15) is 0 Å². The molecule has 0 bridgehead atoms. The molecule has 0 saturated heterocycles. The van der Waals surface area contributed by atoms with Crippen LogP contribution in [0.15, 0.2) is 28.7 Å². The Hall–Kier alpha value is -0.340. The molecule has 1 fully saturated rings. The Morgan fingerprint density at radius 1 is 1.20 bits per heavy atom. The average Bonchev–Trinajstić information content (AvgIpc) is 2.47. The highest BCUT2D eigenvalue weighted by Crippen LogP contribution is 2.33. The Labute approximate surface area is 132 Å². The van der Waals surface area contributed by atoms with E-state index in [1.807, 2.05) is 0 Å². The fraction of sp³-hybridized carbons (Fsp3) is 0.667. The van der Waals surface area contributed by atoms with Crippen LogP contribution in [-0.4, -0.2) is 12.6 Å². The van der Waals surface area contributed by atoms with Gasteiger partial charge in [-0.15, -0.1) is 0 Å². The van der Waals surface area contributed by atoms with Crippen molar-refractivity contribution in [3.05, 3.63) is 34.3 Å². The molecule has 0 amide bonds. The van der Waals surface area contributed by atoms with E-state index >= 15 is 0 Å². The van der Waals surface area contributed by atoms with Gasteiger partial charge >= 0.3 is 0 Å². The zero-order chi connectivity index (χ0) is 14.4. The van der Waals surface area contributed by atoms with Crippen LogP contribution in [0.4, 0.5) is 0 Å². The van der Waals surface area contributed by atoms with Gasteiger partial charge in [0.25, 0.3) is 0 Å². The molecular formula is C18H28BrN. The van der Waals surface area contributed by atoms with E-state index in [1.54, 1.807) is 0 Å². The molecular weight excluding hydrogens is 310 g/mol. The lowest BCUT2D eigenvalue weighted by molar-refractivity contribution is 0.218. The molecule has 1 aliphatic rings. The number of hydrogen-bond acceptors (Lipinski definition) is 1. The fourth-order valence-electron chi connectivity index (χ4n) is 3.58. The maximum absolute atomic E-state index is 3.74. The monoisotopic (exact) mass is 337 g/mol. The van der Waals surface area contributed by atoms with E-state index in [-0.39, 0.29) is 0 Å². The van der Waals surface area contributed by atoms with Crippen LogP contribution in [0.2, 0.25) is 0 Å². The molecule has 2 rings (SSSR count). The van der Waals surface area contributed by atoms with Crippen molar-refractivity contribution in [2.45, 2.75) is 58.4 Å². The summed E-state index contributed by atoms with van der Waals surface area (Å²) in [6.45, 7) is 5.65. The normalized spacial score (nSPS) is 24.6. The van der Waals surface area contributed by atoms with Crippen molar-refractivity contribution in [1.82, 2.24) is 5.32 Å². The van der Waals surface area contributed by atoms with E-state index in [4.69, 9.17) is 0 Å². The van der Waals surface area contributed by atoms with Crippen molar-refractivity contribution < 1.29 is 0 Å². The molecule has 1 saturated carbocycles. The Morgan fingerprint density at radius 2 is 1.95 bits per heavy atom. The Morgan fingerprint density at radius 3 is 2.55 bits per heavy atom. The number of nitrogens with one attached hydrogen (secondary N) is 1. The van der Waals surface area contributed by atoms with Gasteiger partial charge in [-0.25, -0.2) is 0 Å². The predicted molar refractivity (Wildman–Crippen MR) is 91.0 cm³/mol. The molecule has 1 nitrogen and oxygen atoms in total. The van der Waals surface area contributed by atoms with E-state index in [2.05, 4.69) is 59.4 Å². The van der Waals surface area contributed by atoms with Crippen LogP contribution in [0.5, 0.6) is 0 Å². The lowest BCUT2D eigenvalue weighted by Gasteiger charge is -2.34. The molecule has 1 aliphatic carbocycles. The van der Waals surface area contributed by atoms with Crippen molar-refractivity contribution in [2.75, 3.05) is 6.54 Å². The first-order valence-corrected chi connectivity index (χ1v) is 9.00. The summed E-state index contributed by atoms with van der Waals surface area (Å²) < 4.78 is 1.19. The first-order chi connectivity index (χ1) is 9.72. The third kappa shape index (κ3) is 4.60. The van der Waals surface area contributed by atoms with Crippen LogP contribution in [-0.2, 0) is 6.42 Å². The van der Waals surface area contributed by atoms with Crippen molar-refractivity contribution in [1.29, 1.82) is 0 Å². The van der Waals surface area contributed by atoms with Crippen LogP contribution in [0.3, 0.4) is 0 Å². The summed E-state index contributed by atoms with van der Waals surface area (Å²) >= 11 is 3.58. The Kier molecular flexibility index (Phi) is 6.57. The first-order valence-electron chi connectivity index (χ1n) is 8.20. The van der Waals surface area contributed by atoms with E-state index in [0.29, 0.717) is 6.04 Å². The Balaban J connectivity index is 1.96. The molecule has 1 atom stereocenters. The van der Waals surface area contributed by atoms with Gasteiger partial charge in [-0.1, -0.05) is 61.2 Å². The molecule has 0 aliphatic heterocycles. The SMILES string of the molecule is CCNC(Cc1cccc(Br)c1)C1CCC(CC)CC1. The first kappa shape index (κ1) is 16.0. The van der Waals surface area contributed by atoms with Gasteiger partial charge in [0, 0.05) is 10.5 Å². The molecule has 112 valence electrons.